The predicted octanol–water partition coefficient (Wildman–Crippen LogP) is 6.74. The third kappa shape index (κ3) is 2.68. The average Bonchev–Trinajstić information content (AvgIpc) is 3.14. The van der Waals surface area contributed by atoms with E-state index in [-0.39, 0.29) is 5.92 Å². The molecule has 0 saturated heterocycles. The standard InChI is InChI=1S/C26H15Br2N/c27-18-12-20(17-10-9-15-5-1-2-6-16(15)11-17)21-14-23(28)25-19-7-3-4-8-24(19)29-26(25)22(21)13-18/h1-14,20H. The Bertz CT molecular complexity index is 1480. The molecule has 6 rings (SSSR count). The van der Waals surface area contributed by atoms with Crippen molar-refractivity contribution < 1.29 is 0 Å². The van der Waals surface area contributed by atoms with Crippen molar-refractivity contribution in [3.05, 3.63) is 110 Å². The van der Waals surface area contributed by atoms with Crippen LogP contribution in [0.15, 0.2) is 92.8 Å². The monoisotopic (exact) mass is 499 g/mol. The van der Waals surface area contributed by atoms with Crippen molar-refractivity contribution in [1.82, 2.24) is 0 Å². The SMILES string of the molecule is BrC1=CC(c2ccc3ccccc3c2)c2cc(Br)c3c(c2=C1)=Nc1ccccc1-3. The second-order valence-electron chi connectivity index (χ2n) is 7.49. The van der Waals surface area contributed by atoms with Gasteiger partial charge in [0.15, 0.2) is 0 Å². The number of hydrogen-bond acceptors (Lipinski definition) is 1. The second-order valence-corrected chi connectivity index (χ2v) is 9.26. The van der Waals surface area contributed by atoms with Gasteiger partial charge in [-0.15, -0.1) is 0 Å². The van der Waals surface area contributed by atoms with E-state index in [9.17, 15) is 0 Å². The summed E-state index contributed by atoms with van der Waals surface area (Å²) in [6.07, 6.45) is 4.49. The first-order valence-electron chi connectivity index (χ1n) is 9.57. The van der Waals surface area contributed by atoms with Gasteiger partial charge in [0.05, 0.1) is 11.0 Å². The van der Waals surface area contributed by atoms with E-state index in [1.54, 1.807) is 0 Å². The van der Waals surface area contributed by atoms with Crippen LogP contribution >= 0.6 is 31.9 Å². The van der Waals surface area contributed by atoms with E-state index in [0.717, 1.165) is 20.0 Å². The van der Waals surface area contributed by atoms with Crippen LogP contribution in [0.1, 0.15) is 17.0 Å². The van der Waals surface area contributed by atoms with E-state index in [1.165, 1.54) is 38.2 Å². The van der Waals surface area contributed by atoms with Crippen molar-refractivity contribution in [2.45, 2.75) is 5.92 Å². The first kappa shape index (κ1) is 17.4. The zero-order valence-electron chi connectivity index (χ0n) is 15.4. The Morgan fingerprint density at radius 3 is 2.48 bits per heavy atom. The normalized spacial score (nSPS) is 16.3. The molecule has 0 radical (unpaired) electrons. The third-order valence-corrected chi connectivity index (χ3v) is 6.92. The van der Waals surface area contributed by atoms with Crippen molar-refractivity contribution in [1.29, 1.82) is 0 Å². The van der Waals surface area contributed by atoms with Crippen LogP contribution in [0, 0.1) is 0 Å². The van der Waals surface area contributed by atoms with E-state index >= 15 is 0 Å². The summed E-state index contributed by atoms with van der Waals surface area (Å²) in [5, 5.41) is 4.80. The third-order valence-electron chi connectivity index (χ3n) is 5.81. The highest BCUT2D eigenvalue weighted by Gasteiger charge is 2.24. The molecule has 0 spiro atoms. The fraction of sp³-hybridized carbons (Fsp3) is 0.0385. The lowest BCUT2D eigenvalue weighted by atomic mass is 9.85. The number of hydrogen-bond donors (Lipinski definition) is 0. The predicted molar refractivity (Wildman–Crippen MR) is 127 cm³/mol. The lowest BCUT2D eigenvalue weighted by Gasteiger charge is -2.21. The van der Waals surface area contributed by atoms with E-state index < -0.39 is 0 Å². The molecule has 0 N–H and O–H groups in total. The summed E-state index contributed by atoms with van der Waals surface area (Å²) in [7, 11) is 0. The van der Waals surface area contributed by atoms with E-state index in [2.05, 4.69) is 111 Å². The summed E-state index contributed by atoms with van der Waals surface area (Å²) in [6, 6.07) is 25.9. The lowest BCUT2D eigenvalue weighted by molar-refractivity contribution is 0.997. The van der Waals surface area contributed by atoms with Crippen molar-refractivity contribution in [2.24, 2.45) is 4.99 Å². The minimum absolute atomic E-state index is 0.175. The van der Waals surface area contributed by atoms with Crippen molar-refractivity contribution in [3.63, 3.8) is 0 Å². The molecule has 1 heterocycles. The molecule has 29 heavy (non-hydrogen) atoms. The molecular weight excluding hydrogens is 486 g/mol. The number of allylic oxidation sites excluding steroid dienone is 2. The average molecular weight is 501 g/mol. The van der Waals surface area contributed by atoms with E-state index in [4.69, 9.17) is 4.99 Å². The molecule has 0 fully saturated rings. The maximum absolute atomic E-state index is 4.99. The van der Waals surface area contributed by atoms with Crippen LogP contribution < -0.4 is 10.6 Å². The summed E-state index contributed by atoms with van der Waals surface area (Å²) in [6.45, 7) is 0. The highest BCUT2D eigenvalue weighted by molar-refractivity contribution is 9.12. The molecule has 0 saturated carbocycles. The number of nitrogens with zero attached hydrogens (tertiary/aromatic N) is 1. The van der Waals surface area contributed by atoms with Crippen LogP contribution in [-0.2, 0) is 0 Å². The number of rotatable bonds is 1. The molecule has 1 aliphatic carbocycles. The molecule has 138 valence electrons. The molecule has 1 unspecified atom stereocenters. The number of benzene rings is 4. The largest absolute Gasteiger partial charge is 0.247 e. The molecule has 4 aromatic rings. The first-order valence-corrected chi connectivity index (χ1v) is 11.2. The van der Waals surface area contributed by atoms with Crippen LogP contribution in [0.2, 0.25) is 0 Å². The molecule has 1 atom stereocenters. The Balaban J connectivity index is 1.63. The highest BCUT2D eigenvalue weighted by Crippen LogP contribution is 2.39. The summed E-state index contributed by atoms with van der Waals surface area (Å²) in [4.78, 5) is 4.99. The number of para-hydroxylation sites is 1. The van der Waals surface area contributed by atoms with E-state index in [0.29, 0.717) is 0 Å². The molecule has 0 aromatic heterocycles. The van der Waals surface area contributed by atoms with Gasteiger partial charge in [0, 0.05) is 31.2 Å². The molecule has 3 heteroatoms. The molecule has 0 amide bonds. The summed E-state index contributed by atoms with van der Waals surface area (Å²) < 4.78 is 2.20. The fourth-order valence-corrected chi connectivity index (χ4v) is 5.61. The van der Waals surface area contributed by atoms with Gasteiger partial charge in [0.25, 0.3) is 0 Å². The minimum Gasteiger partial charge on any atom is -0.247 e. The molecule has 1 nitrogen and oxygen atoms in total. The second kappa shape index (κ2) is 6.51. The van der Waals surface area contributed by atoms with Gasteiger partial charge in [-0.1, -0.05) is 98.6 Å². The summed E-state index contributed by atoms with van der Waals surface area (Å²) >= 11 is 7.60. The van der Waals surface area contributed by atoms with Gasteiger partial charge in [-0.05, 0) is 40.1 Å². The van der Waals surface area contributed by atoms with Crippen molar-refractivity contribution in [3.8, 4) is 11.1 Å². The van der Waals surface area contributed by atoms with Crippen LogP contribution in [0.3, 0.4) is 0 Å². The minimum atomic E-state index is 0.175. The maximum atomic E-state index is 4.99. The van der Waals surface area contributed by atoms with Gasteiger partial charge in [-0.25, -0.2) is 4.99 Å². The van der Waals surface area contributed by atoms with Gasteiger partial charge < -0.3 is 0 Å². The van der Waals surface area contributed by atoms with Crippen LogP contribution in [0.4, 0.5) is 5.69 Å². The molecule has 1 aliphatic heterocycles. The van der Waals surface area contributed by atoms with Gasteiger partial charge in [-0.3, -0.25) is 0 Å². The smallest absolute Gasteiger partial charge is 0.0803 e. The van der Waals surface area contributed by atoms with Gasteiger partial charge in [0.2, 0.25) is 0 Å². The Morgan fingerprint density at radius 2 is 1.59 bits per heavy atom. The Kier molecular flexibility index (Phi) is 3.90. The molecular formula is C26H15Br2N. The zero-order valence-corrected chi connectivity index (χ0v) is 18.5. The Morgan fingerprint density at radius 1 is 0.793 bits per heavy atom. The highest BCUT2D eigenvalue weighted by atomic mass is 79.9. The van der Waals surface area contributed by atoms with Gasteiger partial charge in [-0.2, -0.15) is 0 Å². The number of fused-ring (bicyclic) bond motifs is 6. The molecule has 4 aromatic carbocycles. The van der Waals surface area contributed by atoms with Crippen LogP contribution in [0.25, 0.3) is 28.0 Å². The molecule has 0 bridgehead atoms. The van der Waals surface area contributed by atoms with Gasteiger partial charge in [0.1, 0.15) is 0 Å². The fourth-order valence-electron chi connectivity index (χ4n) is 4.47. The quantitative estimate of drug-likeness (QED) is 0.241. The first-order chi connectivity index (χ1) is 14.2. The lowest BCUT2D eigenvalue weighted by Crippen LogP contribution is -2.32. The van der Waals surface area contributed by atoms with Crippen molar-refractivity contribution in [2.75, 3.05) is 0 Å². The molecule has 2 aliphatic rings. The topological polar surface area (TPSA) is 12.4 Å². The number of halogens is 2. The summed E-state index contributed by atoms with van der Waals surface area (Å²) in [5.41, 5.74) is 5.99. The summed E-state index contributed by atoms with van der Waals surface area (Å²) in [5.74, 6) is 0.175. The Labute approximate surface area is 185 Å². The van der Waals surface area contributed by atoms with Crippen LogP contribution in [0.5, 0.6) is 0 Å². The van der Waals surface area contributed by atoms with Gasteiger partial charge >= 0.3 is 0 Å². The maximum Gasteiger partial charge on any atom is 0.0803 e. The zero-order chi connectivity index (χ0) is 19.5. The Hall–Kier alpha value is -2.49. The van der Waals surface area contributed by atoms with Crippen molar-refractivity contribution >= 4 is 54.4 Å². The van der Waals surface area contributed by atoms with E-state index in [1.807, 2.05) is 6.07 Å². The van der Waals surface area contributed by atoms with Crippen LogP contribution in [-0.4, -0.2) is 0 Å².